The standard InChI is InChI=1S/C18H23F2N3O3/c1-26-11-10-22-5-4-16(18(22)25)21-6-8-23(9-7-21)17(24)14-3-2-13(19)12-15(14)20/h2-3,12,16H,4-11H2,1H3. The minimum absolute atomic E-state index is 0.103. The fraction of sp³-hybridized carbons (Fsp3) is 0.556. The molecule has 0 radical (unpaired) electrons. The lowest BCUT2D eigenvalue weighted by Gasteiger charge is -2.37. The van der Waals surface area contributed by atoms with Crippen LogP contribution in [0.4, 0.5) is 8.78 Å². The second-order valence-electron chi connectivity index (χ2n) is 6.57. The number of ether oxygens (including phenoxy) is 1. The summed E-state index contributed by atoms with van der Waals surface area (Å²) in [6.45, 7) is 3.77. The Labute approximate surface area is 151 Å². The Morgan fingerprint density at radius 2 is 1.92 bits per heavy atom. The maximum absolute atomic E-state index is 13.8. The molecule has 1 aromatic rings. The third kappa shape index (κ3) is 3.86. The van der Waals surface area contributed by atoms with Gasteiger partial charge in [-0.3, -0.25) is 14.5 Å². The van der Waals surface area contributed by atoms with Gasteiger partial charge in [0.15, 0.2) is 0 Å². The van der Waals surface area contributed by atoms with Gasteiger partial charge in [0.2, 0.25) is 5.91 Å². The SMILES string of the molecule is COCCN1CCC(N2CCN(C(=O)c3ccc(F)cc3F)CC2)C1=O. The van der Waals surface area contributed by atoms with Crippen molar-refractivity contribution in [1.29, 1.82) is 0 Å². The largest absolute Gasteiger partial charge is 0.383 e. The summed E-state index contributed by atoms with van der Waals surface area (Å²) in [6, 6.07) is 2.81. The lowest BCUT2D eigenvalue weighted by molar-refractivity contribution is -0.133. The maximum Gasteiger partial charge on any atom is 0.256 e. The number of rotatable bonds is 5. The number of amides is 2. The number of likely N-dealkylation sites (tertiary alicyclic amines) is 1. The minimum atomic E-state index is -0.850. The highest BCUT2D eigenvalue weighted by Gasteiger charge is 2.37. The molecule has 3 rings (SSSR count). The molecule has 2 amide bonds. The second-order valence-corrected chi connectivity index (χ2v) is 6.57. The van der Waals surface area contributed by atoms with E-state index in [4.69, 9.17) is 4.74 Å². The summed E-state index contributed by atoms with van der Waals surface area (Å²) in [5.41, 5.74) is -0.123. The molecule has 26 heavy (non-hydrogen) atoms. The van der Waals surface area contributed by atoms with Crippen LogP contribution in [0.5, 0.6) is 0 Å². The van der Waals surface area contributed by atoms with Crippen LogP contribution in [0.25, 0.3) is 0 Å². The molecule has 8 heteroatoms. The normalized spacial score (nSPS) is 21.5. The quantitative estimate of drug-likeness (QED) is 0.778. The van der Waals surface area contributed by atoms with E-state index in [1.54, 1.807) is 16.9 Å². The topological polar surface area (TPSA) is 53.1 Å². The number of benzene rings is 1. The van der Waals surface area contributed by atoms with Gasteiger partial charge in [-0.2, -0.15) is 0 Å². The smallest absolute Gasteiger partial charge is 0.256 e. The van der Waals surface area contributed by atoms with Gasteiger partial charge in [0, 0.05) is 52.4 Å². The van der Waals surface area contributed by atoms with Crippen LogP contribution in [-0.4, -0.2) is 85.5 Å². The number of carbonyl (C=O) groups excluding carboxylic acids is 2. The van der Waals surface area contributed by atoms with Gasteiger partial charge in [0.1, 0.15) is 11.6 Å². The first-order chi connectivity index (χ1) is 12.5. The summed E-state index contributed by atoms with van der Waals surface area (Å²) in [5, 5.41) is 0. The molecular weight excluding hydrogens is 344 g/mol. The van der Waals surface area contributed by atoms with Gasteiger partial charge < -0.3 is 14.5 Å². The zero-order chi connectivity index (χ0) is 18.7. The molecule has 0 aliphatic carbocycles. The molecule has 6 nitrogen and oxygen atoms in total. The molecule has 0 saturated carbocycles. The zero-order valence-electron chi connectivity index (χ0n) is 14.8. The van der Waals surface area contributed by atoms with Gasteiger partial charge in [0.05, 0.1) is 18.2 Å². The van der Waals surface area contributed by atoms with Crippen molar-refractivity contribution in [2.24, 2.45) is 0 Å². The van der Waals surface area contributed by atoms with E-state index < -0.39 is 17.5 Å². The lowest BCUT2D eigenvalue weighted by Crippen LogP contribution is -2.54. The van der Waals surface area contributed by atoms with Crippen molar-refractivity contribution in [3.05, 3.63) is 35.4 Å². The Morgan fingerprint density at radius 1 is 1.19 bits per heavy atom. The van der Waals surface area contributed by atoms with E-state index in [1.807, 2.05) is 0 Å². The first-order valence-electron chi connectivity index (χ1n) is 8.77. The molecular formula is C18H23F2N3O3. The molecule has 2 fully saturated rings. The van der Waals surface area contributed by atoms with Crippen LogP contribution in [-0.2, 0) is 9.53 Å². The molecule has 0 aromatic heterocycles. The third-order valence-corrected chi connectivity index (χ3v) is 5.04. The molecule has 2 saturated heterocycles. The average molecular weight is 367 g/mol. The summed E-state index contributed by atoms with van der Waals surface area (Å²) in [7, 11) is 1.61. The van der Waals surface area contributed by atoms with Crippen molar-refractivity contribution in [1.82, 2.24) is 14.7 Å². The number of nitrogens with zero attached hydrogens (tertiary/aromatic N) is 3. The number of halogens is 2. The third-order valence-electron chi connectivity index (χ3n) is 5.04. The molecule has 0 N–H and O–H groups in total. The van der Waals surface area contributed by atoms with E-state index in [0.717, 1.165) is 18.6 Å². The second kappa shape index (κ2) is 8.09. The molecule has 2 aliphatic rings. The summed E-state index contributed by atoms with van der Waals surface area (Å²) >= 11 is 0. The van der Waals surface area contributed by atoms with E-state index in [1.165, 1.54) is 6.07 Å². The van der Waals surface area contributed by atoms with Gasteiger partial charge in [-0.1, -0.05) is 0 Å². The van der Waals surface area contributed by atoms with Gasteiger partial charge in [-0.25, -0.2) is 8.78 Å². The van der Waals surface area contributed by atoms with Crippen molar-refractivity contribution in [2.45, 2.75) is 12.5 Å². The molecule has 0 bridgehead atoms. The van der Waals surface area contributed by atoms with Crippen molar-refractivity contribution in [3.8, 4) is 0 Å². The van der Waals surface area contributed by atoms with Crippen molar-refractivity contribution < 1.29 is 23.1 Å². The Balaban J connectivity index is 1.56. The summed E-state index contributed by atoms with van der Waals surface area (Å²) in [5.74, 6) is -1.90. The van der Waals surface area contributed by atoms with E-state index in [-0.39, 0.29) is 17.5 Å². The van der Waals surface area contributed by atoms with Crippen LogP contribution < -0.4 is 0 Å². The number of piperazine rings is 1. The van der Waals surface area contributed by atoms with Gasteiger partial charge in [-0.15, -0.1) is 0 Å². The molecule has 1 unspecified atom stereocenters. The number of methoxy groups -OCH3 is 1. The molecule has 142 valence electrons. The Hall–Kier alpha value is -2.06. The number of hydrogen-bond acceptors (Lipinski definition) is 4. The summed E-state index contributed by atoms with van der Waals surface area (Å²) < 4.78 is 31.9. The van der Waals surface area contributed by atoms with Crippen molar-refractivity contribution >= 4 is 11.8 Å². The van der Waals surface area contributed by atoms with Crippen LogP contribution in [0.3, 0.4) is 0 Å². The lowest BCUT2D eigenvalue weighted by atomic mass is 10.1. The van der Waals surface area contributed by atoms with Crippen molar-refractivity contribution in [3.63, 3.8) is 0 Å². The molecule has 1 atom stereocenters. The molecule has 1 aromatic carbocycles. The molecule has 2 heterocycles. The first-order valence-corrected chi connectivity index (χ1v) is 8.77. The highest BCUT2D eigenvalue weighted by molar-refractivity contribution is 5.94. The predicted octanol–water partition coefficient (Wildman–Crippen LogP) is 0.970. The Bertz CT molecular complexity index is 678. The predicted molar refractivity (Wildman–Crippen MR) is 90.7 cm³/mol. The van der Waals surface area contributed by atoms with E-state index in [9.17, 15) is 18.4 Å². The van der Waals surface area contributed by atoms with E-state index in [0.29, 0.717) is 45.9 Å². The number of carbonyl (C=O) groups is 2. The van der Waals surface area contributed by atoms with Crippen LogP contribution in [0.2, 0.25) is 0 Å². The summed E-state index contributed by atoms with van der Waals surface area (Å²) in [6.07, 6.45) is 0.767. The first kappa shape index (κ1) is 18.7. The van der Waals surface area contributed by atoms with Crippen LogP contribution in [0.1, 0.15) is 16.8 Å². The van der Waals surface area contributed by atoms with Gasteiger partial charge in [-0.05, 0) is 18.6 Å². The van der Waals surface area contributed by atoms with Crippen LogP contribution >= 0.6 is 0 Å². The summed E-state index contributed by atoms with van der Waals surface area (Å²) in [4.78, 5) is 30.4. The van der Waals surface area contributed by atoms with Crippen LogP contribution in [0, 0.1) is 11.6 Å². The number of hydrogen-bond donors (Lipinski definition) is 0. The highest BCUT2D eigenvalue weighted by atomic mass is 19.1. The van der Waals surface area contributed by atoms with E-state index >= 15 is 0 Å². The van der Waals surface area contributed by atoms with Crippen molar-refractivity contribution in [2.75, 3.05) is 53.0 Å². The molecule has 2 aliphatic heterocycles. The Kier molecular flexibility index (Phi) is 5.83. The minimum Gasteiger partial charge on any atom is -0.383 e. The monoisotopic (exact) mass is 367 g/mol. The fourth-order valence-corrected chi connectivity index (χ4v) is 3.55. The Morgan fingerprint density at radius 3 is 2.58 bits per heavy atom. The maximum atomic E-state index is 13.8. The highest BCUT2D eigenvalue weighted by Crippen LogP contribution is 2.20. The van der Waals surface area contributed by atoms with Gasteiger partial charge >= 0.3 is 0 Å². The van der Waals surface area contributed by atoms with Crippen LogP contribution in [0.15, 0.2) is 18.2 Å². The molecule has 0 spiro atoms. The fourth-order valence-electron chi connectivity index (χ4n) is 3.55. The van der Waals surface area contributed by atoms with Gasteiger partial charge in [0.25, 0.3) is 5.91 Å². The van der Waals surface area contributed by atoms with E-state index in [2.05, 4.69) is 4.90 Å². The average Bonchev–Trinajstić information content (AvgIpc) is 3.00. The zero-order valence-corrected chi connectivity index (χ0v) is 14.8.